The van der Waals surface area contributed by atoms with E-state index in [9.17, 15) is 9.46 Å². The second-order valence-electron chi connectivity index (χ2n) is 13.5. The summed E-state index contributed by atoms with van der Waals surface area (Å²) in [6, 6.07) is 6.94. The molecule has 3 rings (SSSR count). The fourth-order valence-electron chi connectivity index (χ4n) is 3.82. The van der Waals surface area contributed by atoms with Crippen LogP contribution in [-0.4, -0.2) is 27.3 Å². The molecule has 0 spiro atoms. The second-order valence-corrected chi connectivity index (χ2v) is 14.8. The molecule has 0 aromatic heterocycles. The van der Waals surface area contributed by atoms with Gasteiger partial charge in [-0.05, 0) is 95.2 Å². The van der Waals surface area contributed by atoms with Crippen LogP contribution < -0.4 is 28.0 Å². The molecule has 1 N–H and O–H groups in total. The molecule has 1 aliphatic heterocycles. The zero-order valence-corrected chi connectivity index (χ0v) is 25.7. The molecule has 212 valence electrons. The fourth-order valence-corrected chi connectivity index (χ4v) is 4.74. The molecule has 0 saturated carbocycles. The van der Waals surface area contributed by atoms with Crippen molar-refractivity contribution in [3.8, 4) is 34.5 Å². The van der Waals surface area contributed by atoms with E-state index in [0.29, 0.717) is 22.6 Å². The molecule has 0 amide bonds. The minimum absolute atomic E-state index is 0.123. The van der Waals surface area contributed by atoms with Crippen LogP contribution in [0, 0.1) is 0 Å². The van der Waals surface area contributed by atoms with E-state index in [1.165, 1.54) is 0 Å². The fraction of sp³-hybridized carbons (Fsp3) is 0.586. The third-order valence-corrected chi connectivity index (χ3v) is 5.51. The monoisotopic (exact) mass is 550 g/mol. The Morgan fingerprint density at radius 2 is 0.921 bits per heavy atom. The van der Waals surface area contributed by atoms with E-state index in [-0.39, 0.29) is 29.4 Å². The van der Waals surface area contributed by atoms with Crippen molar-refractivity contribution in [2.24, 2.45) is 0 Å². The van der Waals surface area contributed by atoms with Gasteiger partial charge in [-0.15, -0.1) is 0 Å². The van der Waals surface area contributed by atoms with Crippen LogP contribution in [0.15, 0.2) is 24.3 Å². The van der Waals surface area contributed by atoms with Crippen molar-refractivity contribution in [2.75, 3.05) is 0 Å². The Bertz CT molecular complexity index is 1130. The first-order valence-corrected chi connectivity index (χ1v) is 14.3. The number of phosphoric acid groups is 1. The SMILES string of the molecule is CC(C)(C)Oc1cc2c(c(OC(C)(C)C)c1)OP(=O)(O)Oc1c(cc(OC(C)(C)C)cc1OC(C)(C)C)C2. The van der Waals surface area contributed by atoms with Crippen molar-refractivity contribution in [3.05, 3.63) is 35.4 Å². The lowest BCUT2D eigenvalue weighted by Gasteiger charge is -2.31. The molecule has 1 heterocycles. The van der Waals surface area contributed by atoms with E-state index >= 15 is 0 Å². The van der Waals surface area contributed by atoms with Crippen molar-refractivity contribution in [3.63, 3.8) is 0 Å². The Morgan fingerprint density at radius 1 is 0.605 bits per heavy atom. The highest BCUT2D eigenvalue weighted by molar-refractivity contribution is 7.48. The lowest BCUT2D eigenvalue weighted by molar-refractivity contribution is 0.116. The molecule has 2 aromatic carbocycles. The van der Waals surface area contributed by atoms with E-state index in [1.54, 1.807) is 24.3 Å². The Labute approximate surface area is 227 Å². The molecule has 9 heteroatoms. The van der Waals surface area contributed by atoms with Gasteiger partial charge in [-0.2, -0.15) is 0 Å². The molecule has 0 unspecified atom stereocenters. The normalized spacial score (nSPS) is 15.6. The van der Waals surface area contributed by atoms with E-state index in [4.69, 9.17) is 28.0 Å². The molecule has 8 nitrogen and oxygen atoms in total. The van der Waals surface area contributed by atoms with Crippen molar-refractivity contribution < 1.29 is 37.5 Å². The summed E-state index contributed by atoms with van der Waals surface area (Å²) in [5.41, 5.74) is -0.993. The van der Waals surface area contributed by atoms with Crippen LogP contribution in [0.1, 0.15) is 94.2 Å². The number of benzene rings is 2. The lowest BCUT2D eigenvalue weighted by atomic mass is 10.0. The van der Waals surface area contributed by atoms with Crippen LogP contribution in [-0.2, 0) is 11.0 Å². The van der Waals surface area contributed by atoms with Gasteiger partial charge < -0.3 is 28.0 Å². The summed E-state index contributed by atoms with van der Waals surface area (Å²) in [6.45, 7) is 23.0. The molecule has 38 heavy (non-hydrogen) atoms. The molecule has 0 saturated heterocycles. The summed E-state index contributed by atoms with van der Waals surface area (Å²) in [6.07, 6.45) is 0.272. The number of hydrogen-bond donors (Lipinski definition) is 1. The van der Waals surface area contributed by atoms with Crippen LogP contribution in [0.2, 0.25) is 0 Å². The average Bonchev–Trinajstić information content (AvgIpc) is 2.61. The van der Waals surface area contributed by atoms with Crippen LogP contribution in [0.3, 0.4) is 0 Å². The van der Waals surface area contributed by atoms with Gasteiger partial charge in [0.1, 0.15) is 33.9 Å². The van der Waals surface area contributed by atoms with E-state index in [2.05, 4.69) is 0 Å². The third kappa shape index (κ3) is 8.74. The second kappa shape index (κ2) is 9.87. The van der Waals surface area contributed by atoms with Gasteiger partial charge in [-0.25, -0.2) is 4.57 Å². The van der Waals surface area contributed by atoms with E-state index in [0.717, 1.165) is 0 Å². The molecular weight excluding hydrogens is 507 g/mol. The predicted octanol–water partition coefficient (Wildman–Crippen LogP) is 7.86. The van der Waals surface area contributed by atoms with Crippen LogP contribution in [0.25, 0.3) is 0 Å². The summed E-state index contributed by atoms with van der Waals surface area (Å²) in [4.78, 5) is 10.9. The standard InChI is InChI=1S/C29H43O8P/c1-26(2,3)32-20-14-18-13-19-15-21(33-27(4,5)6)17-23(35-29(10,11)12)25(19)37-38(30,31)36-24(18)22(16-20)34-28(7,8)9/h14-17H,13H2,1-12H3,(H,30,31). The highest BCUT2D eigenvalue weighted by atomic mass is 31.2. The quantitative estimate of drug-likeness (QED) is 0.385. The Balaban J connectivity index is 2.29. The maximum Gasteiger partial charge on any atom is 0.585 e. The van der Waals surface area contributed by atoms with Crippen molar-refractivity contribution in [2.45, 2.75) is 112 Å². The van der Waals surface area contributed by atoms with E-state index < -0.39 is 30.2 Å². The molecule has 2 aromatic rings. The Hall–Kier alpha value is -2.57. The van der Waals surface area contributed by atoms with Crippen LogP contribution in [0.4, 0.5) is 0 Å². The maximum atomic E-state index is 13.3. The Kier molecular flexibility index (Phi) is 7.79. The zero-order chi connectivity index (χ0) is 28.9. The van der Waals surface area contributed by atoms with Gasteiger partial charge >= 0.3 is 7.82 Å². The highest BCUT2D eigenvalue weighted by Gasteiger charge is 2.36. The minimum Gasteiger partial charge on any atom is -0.488 e. The minimum atomic E-state index is -4.66. The zero-order valence-electron chi connectivity index (χ0n) is 24.8. The van der Waals surface area contributed by atoms with Crippen molar-refractivity contribution in [1.82, 2.24) is 0 Å². The smallest absolute Gasteiger partial charge is 0.488 e. The highest BCUT2D eigenvalue weighted by Crippen LogP contribution is 2.56. The Morgan fingerprint density at radius 3 is 1.21 bits per heavy atom. The summed E-state index contributed by atoms with van der Waals surface area (Å²) in [5, 5.41) is 0. The molecular formula is C29H43O8P. The molecule has 0 bridgehead atoms. The number of ether oxygens (including phenoxy) is 4. The van der Waals surface area contributed by atoms with Gasteiger partial charge in [0.2, 0.25) is 0 Å². The topological polar surface area (TPSA) is 92.7 Å². The summed E-state index contributed by atoms with van der Waals surface area (Å²) >= 11 is 0. The maximum absolute atomic E-state index is 13.3. The van der Waals surface area contributed by atoms with Gasteiger partial charge in [-0.3, -0.25) is 4.89 Å². The predicted molar refractivity (Wildman–Crippen MR) is 148 cm³/mol. The first kappa shape index (κ1) is 30.0. The van der Waals surface area contributed by atoms with Gasteiger partial charge in [0.25, 0.3) is 0 Å². The van der Waals surface area contributed by atoms with Gasteiger partial charge in [-0.1, -0.05) is 0 Å². The summed E-state index contributed by atoms with van der Waals surface area (Å²) in [7, 11) is -4.66. The molecule has 0 atom stereocenters. The van der Waals surface area contributed by atoms with Crippen LogP contribution in [0.5, 0.6) is 34.5 Å². The average molecular weight is 551 g/mol. The first-order valence-electron chi connectivity index (χ1n) is 12.8. The summed E-state index contributed by atoms with van der Waals surface area (Å²) < 4.78 is 49.3. The number of rotatable bonds is 4. The van der Waals surface area contributed by atoms with Gasteiger partial charge in [0.05, 0.1) is 0 Å². The molecule has 0 aliphatic carbocycles. The molecule has 0 radical (unpaired) electrons. The third-order valence-electron chi connectivity index (χ3n) is 4.69. The largest absolute Gasteiger partial charge is 0.585 e. The van der Waals surface area contributed by atoms with Crippen LogP contribution >= 0.6 is 7.82 Å². The lowest BCUT2D eigenvalue weighted by Crippen LogP contribution is -2.26. The number of hydrogen-bond acceptors (Lipinski definition) is 7. The molecule has 0 fully saturated rings. The molecule has 1 aliphatic rings. The number of phosphoric ester groups is 1. The van der Waals surface area contributed by atoms with Crippen molar-refractivity contribution >= 4 is 7.82 Å². The van der Waals surface area contributed by atoms with E-state index in [1.807, 2.05) is 83.1 Å². The number of fused-ring (bicyclic) bond motifs is 2. The first-order chi connectivity index (χ1) is 17.0. The van der Waals surface area contributed by atoms with Gasteiger partial charge in [0, 0.05) is 29.7 Å². The van der Waals surface area contributed by atoms with Crippen molar-refractivity contribution in [1.29, 1.82) is 0 Å². The summed E-state index contributed by atoms with van der Waals surface area (Å²) in [5.74, 6) is 1.90. The van der Waals surface area contributed by atoms with Gasteiger partial charge in [0.15, 0.2) is 23.0 Å².